The van der Waals surface area contributed by atoms with Crippen molar-refractivity contribution in [2.24, 2.45) is 23.2 Å². The van der Waals surface area contributed by atoms with E-state index in [-0.39, 0.29) is 49.4 Å². The van der Waals surface area contributed by atoms with Crippen LogP contribution in [0.5, 0.6) is 0 Å². The molecule has 1 aromatic rings. The second-order valence-electron chi connectivity index (χ2n) is 14.6. The van der Waals surface area contributed by atoms with Gasteiger partial charge in [0.15, 0.2) is 0 Å². The van der Waals surface area contributed by atoms with Crippen molar-refractivity contribution in [2.45, 2.75) is 110 Å². The molecule has 0 bridgehead atoms. The third kappa shape index (κ3) is 10.5. The summed E-state index contributed by atoms with van der Waals surface area (Å²) in [6.45, 7) is 13.3. The van der Waals surface area contributed by atoms with Crippen molar-refractivity contribution in [1.29, 1.82) is 0 Å². The fourth-order valence-electron chi connectivity index (χ4n) is 6.80. The molecule has 1 aliphatic carbocycles. The number of hydrogen-bond donors (Lipinski definition) is 4. The lowest BCUT2D eigenvalue weighted by atomic mass is 9.82. The zero-order valence-corrected chi connectivity index (χ0v) is 30.0. The number of hydrogen-bond acceptors (Lipinski definition) is 8. The molecule has 0 radical (unpaired) electrons. The molecule has 4 N–H and O–H groups in total. The van der Waals surface area contributed by atoms with Crippen LogP contribution in [0.3, 0.4) is 0 Å². The fraction of sp³-hybridized carbons (Fsp3) is 0.622. The number of nitrogens with zero attached hydrogens (tertiary/aromatic N) is 3. The van der Waals surface area contributed by atoms with Crippen molar-refractivity contribution in [1.82, 2.24) is 36.1 Å². The largest absolute Gasteiger partial charge is 0.346 e. The monoisotopic (exact) mass is 691 g/mol. The number of aromatic nitrogens is 2. The van der Waals surface area contributed by atoms with Crippen molar-refractivity contribution < 1.29 is 28.8 Å². The van der Waals surface area contributed by atoms with Gasteiger partial charge in [0.1, 0.15) is 23.8 Å². The van der Waals surface area contributed by atoms with E-state index in [2.05, 4.69) is 43.7 Å². The lowest BCUT2D eigenvalue weighted by Crippen LogP contribution is -2.62. The number of carbonyl (C=O) groups is 6. The number of terminal acetylenes is 1. The van der Waals surface area contributed by atoms with Gasteiger partial charge in [0.05, 0.1) is 12.2 Å². The third-order valence-corrected chi connectivity index (χ3v) is 9.58. The van der Waals surface area contributed by atoms with E-state index in [1.165, 1.54) is 29.6 Å². The number of rotatable bonds is 15. The summed E-state index contributed by atoms with van der Waals surface area (Å²) in [4.78, 5) is 91.0. The molecule has 5 atom stereocenters. The van der Waals surface area contributed by atoms with Crippen LogP contribution in [0.25, 0.3) is 0 Å². The summed E-state index contributed by atoms with van der Waals surface area (Å²) in [5.74, 6) is -1.73. The normalized spacial score (nSPS) is 19.7. The minimum atomic E-state index is -1.19. The molecule has 0 aromatic carbocycles. The van der Waals surface area contributed by atoms with E-state index < -0.39 is 64.9 Å². The van der Waals surface area contributed by atoms with Gasteiger partial charge in [-0.05, 0) is 48.9 Å². The van der Waals surface area contributed by atoms with Gasteiger partial charge in [-0.15, -0.1) is 18.9 Å². The van der Waals surface area contributed by atoms with Gasteiger partial charge < -0.3 is 26.2 Å². The quantitative estimate of drug-likeness (QED) is 0.123. The summed E-state index contributed by atoms with van der Waals surface area (Å²) >= 11 is 0. The second kappa shape index (κ2) is 18.4. The predicted molar refractivity (Wildman–Crippen MR) is 188 cm³/mol. The van der Waals surface area contributed by atoms with E-state index in [1.54, 1.807) is 0 Å². The highest BCUT2D eigenvalue weighted by molar-refractivity contribution is 6.38. The Morgan fingerprint density at radius 2 is 1.74 bits per heavy atom. The first-order valence-corrected chi connectivity index (χ1v) is 17.6. The number of Topliss-reactive ketones (excluding diaryl/α,β-unsaturated/α-hetero) is 1. The SMILES string of the molecule is C#CCCC(NC(=O)[C@@H]1[C@@H](C(C)C)CCN1C(=O)[C@@H](NC(=O)[C@@H](NC(=O)c1cnccn1)C1CCCCC1)C(C)(C)C)C(=O)C(=O)NCC=C. The summed E-state index contributed by atoms with van der Waals surface area (Å²) < 4.78 is 0. The maximum atomic E-state index is 14.5. The Labute approximate surface area is 295 Å². The molecule has 2 fully saturated rings. The summed E-state index contributed by atoms with van der Waals surface area (Å²) in [7, 11) is 0. The molecule has 1 aliphatic heterocycles. The Bertz CT molecular complexity index is 1430. The van der Waals surface area contributed by atoms with Gasteiger partial charge in [0, 0.05) is 31.9 Å². The van der Waals surface area contributed by atoms with Crippen molar-refractivity contribution in [2.75, 3.05) is 13.1 Å². The van der Waals surface area contributed by atoms with Gasteiger partial charge in [0.2, 0.25) is 23.5 Å². The van der Waals surface area contributed by atoms with E-state index in [0.717, 1.165) is 32.1 Å². The van der Waals surface area contributed by atoms with E-state index >= 15 is 0 Å². The maximum absolute atomic E-state index is 14.5. The highest BCUT2D eigenvalue weighted by Gasteiger charge is 2.48. The van der Waals surface area contributed by atoms with Gasteiger partial charge >= 0.3 is 0 Å². The topological polar surface area (TPSA) is 180 Å². The zero-order chi connectivity index (χ0) is 37.0. The average Bonchev–Trinajstić information content (AvgIpc) is 3.56. The van der Waals surface area contributed by atoms with E-state index in [9.17, 15) is 28.8 Å². The molecule has 13 nitrogen and oxygen atoms in total. The standard InChI is InChI=1S/C37H53N7O6/c1-8-10-16-26(30(45)35(49)40-18-9-2)41-34(48)29-25(23(3)4)17-21-44(29)36(50)31(37(5,6)7)43-33(47)28(24-14-12-11-13-15-24)42-32(46)27-22-38-19-20-39-27/h1,9,19-20,22-26,28-29,31H,2,10-18,21H2,3-7H3,(H,40,49)(H,41,48)(H,42,46)(H,43,47)/t25-,26?,28+,29+,31-/m1/s1. The highest BCUT2D eigenvalue weighted by atomic mass is 16.2. The summed E-state index contributed by atoms with van der Waals surface area (Å²) in [5.41, 5.74) is -0.711. The van der Waals surface area contributed by atoms with E-state index in [0.29, 0.717) is 6.42 Å². The van der Waals surface area contributed by atoms with Gasteiger partial charge in [-0.2, -0.15) is 0 Å². The summed E-state index contributed by atoms with van der Waals surface area (Å²) in [6.07, 6.45) is 16.1. The summed E-state index contributed by atoms with van der Waals surface area (Å²) in [5, 5.41) is 11.0. The Kier molecular flexibility index (Phi) is 14.7. The molecule has 1 aromatic heterocycles. The third-order valence-electron chi connectivity index (χ3n) is 9.58. The molecule has 0 spiro atoms. The minimum absolute atomic E-state index is 0.00559. The van der Waals surface area contributed by atoms with E-state index in [1.807, 2.05) is 34.6 Å². The molecule has 50 heavy (non-hydrogen) atoms. The van der Waals surface area contributed by atoms with Gasteiger partial charge in [-0.1, -0.05) is 60.0 Å². The molecule has 1 unspecified atom stereocenters. The first-order chi connectivity index (χ1) is 23.7. The van der Waals surface area contributed by atoms with Crippen LogP contribution in [-0.4, -0.2) is 87.4 Å². The minimum Gasteiger partial charge on any atom is -0.346 e. The van der Waals surface area contributed by atoms with Crippen LogP contribution in [0.4, 0.5) is 0 Å². The first kappa shape index (κ1) is 39.8. The smallest absolute Gasteiger partial charge is 0.289 e. The van der Waals surface area contributed by atoms with Crippen LogP contribution in [0.15, 0.2) is 31.2 Å². The molecular formula is C37H53N7O6. The van der Waals surface area contributed by atoms with Crippen molar-refractivity contribution in [3.63, 3.8) is 0 Å². The molecule has 3 rings (SSSR count). The van der Waals surface area contributed by atoms with Gasteiger partial charge in [-0.3, -0.25) is 33.8 Å². The highest BCUT2D eigenvalue weighted by Crippen LogP contribution is 2.34. The maximum Gasteiger partial charge on any atom is 0.289 e. The molecule has 2 aliphatic rings. The fourth-order valence-corrected chi connectivity index (χ4v) is 6.80. The average molecular weight is 692 g/mol. The molecular weight excluding hydrogens is 638 g/mol. The van der Waals surface area contributed by atoms with Crippen molar-refractivity contribution in [3.8, 4) is 12.3 Å². The van der Waals surface area contributed by atoms with Crippen LogP contribution >= 0.6 is 0 Å². The Hall–Kier alpha value is -4.60. The lowest BCUT2D eigenvalue weighted by molar-refractivity contribution is -0.146. The van der Waals surface area contributed by atoms with Crippen molar-refractivity contribution >= 4 is 35.3 Å². The van der Waals surface area contributed by atoms with Crippen LogP contribution < -0.4 is 21.3 Å². The zero-order valence-electron chi connectivity index (χ0n) is 30.0. The van der Waals surface area contributed by atoms with E-state index in [4.69, 9.17) is 6.42 Å². The Morgan fingerprint density at radius 1 is 1.04 bits per heavy atom. The molecule has 1 saturated heterocycles. The lowest BCUT2D eigenvalue weighted by Gasteiger charge is -2.38. The molecule has 5 amide bonds. The Morgan fingerprint density at radius 3 is 2.32 bits per heavy atom. The number of ketones is 1. The molecule has 13 heteroatoms. The number of carbonyl (C=O) groups excluding carboxylic acids is 6. The Balaban J connectivity index is 1.90. The number of likely N-dealkylation sites (tertiary alicyclic amines) is 1. The number of amides is 5. The van der Waals surface area contributed by atoms with Crippen LogP contribution in [0.1, 0.15) is 96.5 Å². The van der Waals surface area contributed by atoms with Gasteiger partial charge in [-0.25, -0.2) is 4.98 Å². The second-order valence-corrected chi connectivity index (χ2v) is 14.6. The van der Waals surface area contributed by atoms with Crippen molar-refractivity contribution in [3.05, 3.63) is 36.9 Å². The molecule has 272 valence electrons. The predicted octanol–water partition coefficient (Wildman–Crippen LogP) is 2.33. The number of nitrogens with one attached hydrogen (secondary N) is 4. The van der Waals surface area contributed by atoms with Crippen LogP contribution in [0, 0.1) is 35.5 Å². The van der Waals surface area contributed by atoms with Gasteiger partial charge in [0.25, 0.3) is 11.8 Å². The molecule has 1 saturated carbocycles. The molecule has 2 heterocycles. The first-order valence-electron chi connectivity index (χ1n) is 17.6. The van der Waals surface area contributed by atoms with Crippen LogP contribution in [0.2, 0.25) is 0 Å². The summed E-state index contributed by atoms with van der Waals surface area (Å²) in [6, 6.07) is -4.13. The van der Waals surface area contributed by atoms with Crippen LogP contribution in [-0.2, 0) is 24.0 Å².